The zero-order valence-corrected chi connectivity index (χ0v) is 9.42. The number of nitrogens with one attached hydrogen (secondary N) is 1. The molecule has 1 aromatic rings. The van der Waals surface area contributed by atoms with Crippen molar-refractivity contribution in [1.82, 2.24) is 15.5 Å². The minimum atomic E-state index is 0.330. The van der Waals surface area contributed by atoms with Crippen LogP contribution in [0.25, 0.3) is 0 Å². The van der Waals surface area contributed by atoms with Gasteiger partial charge in [-0.3, -0.25) is 0 Å². The van der Waals surface area contributed by atoms with Gasteiger partial charge in [0, 0.05) is 11.7 Å². The number of thioether (sulfide) groups is 1. The highest BCUT2D eigenvalue weighted by atomic mass is 32.2. The molecule has 0 radical (unpaired) electrons. The van der Waals surface area contributed by atoms with E-state index in [2.05, 4.69) is 15.5 Å². The fourth-order valence-electron chi connectivity index (χ4n) is 2.19. The first-order valence-corrected chi connectivity index (χ1v) is 6.73. The first-order valence-electron chi connectivity index (χ1n) is 5.58. The molecular formula is C10H15N3OS. The van der Waals surface area contributed by atoms with Gasteiger partial charge in [0.15, 0.2) is 5.82 Å². The Bertz CT molecular complexity index is 299. The summed E-state index contributed by atoms with van der Waals surface area (Å²) in [5.41, 5.74) is 0. The smallest absolute Gasteiger partial charge is 0.230 e. The number of nitrogens with zero attached hydrogens (tertiary/aromatic N) is 2. The van der Waals surface area contributed by atoms with E-state index < -0.39 is 0 Å². The third kappa shape index (κ3) is 1.90. The average molecular weight is 225 g/mol. The zero-order chi connectivity index (χ0) is 10.1. The van der Waals surface area contributed by atoms with Gasteiger partial charge in [-0.05, 0) is 31.6 Å². The molecule has 15 heavy (non-hydrogen) atoms. The second kappa shape index (κ2) is 4.14. The van der Waals surface area contributed by atoms with E-state index in [-0.39, 0.29) is 0 Å². The van der Waals surface area contributed by atoms with Crippen molar-refractivity contribution in [2.75, 3.05) is 18.1 Å². The number of rotatable bonds is 2. The summed E-state index contributed by atoms with van der Waals surface area (Å²) < 4.78 is 5.35. The van der Waals surface area contributed by atoms with E-state index in [0.29, 0.717) is 12.0 Å². The van der Waals surface area contributed by atoms with Gasteiger partial charge >= 0.3 is 0 Å². The summed E-state index contributed by atoms with van der Waals surface area (Å²) in [7, 11) is 0. The Balaban J connectivity index is 1.74. The first kappa shape index (κ1) is 9.66. The van der Waals surface area contributed by atoms with Crippen LogP contribution < -0.4 is 5.32 Å². The van der Waals surface area contributed by atoms with Crippen LogP contribution in [0.15, 0.2) is 4.52 Å². The van der Waals surface area contributed by atoms with Crippen LogP contribution in [-0.4, -0.2) is 28.2 Å². The Morgan fingerprint density at radius 1 is 1.40 bits per heavy atom. The Morgan fingerprint density at radius 2 is 2.40 bits per heavy atom. The molecule has 0 bridgehead atoms. The van der Waals surface area contributed by atoms with Crippen molar-refractivity contribution in [3.8, 4) is 0 Å². The highest BCUT2D eigenvalue weighted by molar-refractivity contribution is 7.99. The van der Waals surface area contributed by atoms with Crippen LogP contribution >= 0.6 is 11.8 Å². The molecular weight excluding hydrogens is 210 g/mol. The summed E-state index contributed by atoms with van der Waals surface area (Å²) in [6.07, 6.45) is 3.54. The molecule has 1 N–H and O–H groups in total. The number of hydrogen-bond donors (Lipinski definition) is 1. The van der Waals surface area contributed by atoms with Gasteiger partial charge in [-0.15, -0.1) is 0 Å². The van der Waals surface area contributed by atoms with Gasteiger partial charge in [0.1, 0.15) is 0 Å². The number of hydrogen-bond acceptors (Lipinski definition) is 5. The molecule has 2 aliphatic heterocycles. The van der Waals surface area contributed by atoms with Gasteiger partial charge < -0.3 is 9.84 Å². The molecule has 3 heterocycles. The maximum Gasteiger partial charge on any atom is 0.230 e. The van der Waals surface area contributed by atoms with Crippen molar-refractivity contribution in [2.45, 2.75) is 31.2 Å². The van der Waals surface area contributed by atoms with E-state index in [1.54, 1.807) is 0 Å². The molecule has 2 atom stereocenters. The minimum absolute atomic E-state index is 0.330. The quantitative estimate of drug-likeness (QED) is 0.830. The van der Waals surface area contributed by atoms with Crippen LogP contribution in [0.1, 0.15) is 42.9 Å². The fraction of sp³-hybridized carbons (Fsp3) is 0.800. The minimum Gasteiger partial charge on any atom is -0.339 e. The maximum atomic E-state index is 5.35. The standard InChI is InChI=1S/C10H15N3OS/c1-2-8(11-4-1)9-12-10(14-13-9)7-3-5-15-6-7/h7-8,11H,1-6H2. The van der Waals surface area contributed by atoms with Crippen molar-refractivity contribution in [3.05, 3.63) is 11.7 Å². The van der Waals surface area contributed by atoms with Gasteiger partial charge in [-0.1, -0.05) is 5.16 Å². The molecule has 2 fully saturated rings. The molecule has 2 saturated heterocycles. The molecule has 5 heteroatoms. The van der Waals surface area contributed by atoms with E-state index in [1.165, 1.54) is 18.6 Å². The number of aromatic nitrogens is 2. The van der Waals surface area contributed by atoms with Crippen molar-refractivity contribution in [1.29, 1.82) is 0 Å². The lowest BCUT2D eigenvalue weighted by atomic mass is 10.1. The van der Waals surface area contributed by atoms with Crippen LogP contribution in [0.2, 0.25) is 0 Å². The van der Waals surface area contributed by atoms with Gasteiger partial charge in [0.2, 0.25) is 5.89 Å². The first-order chi connectivity index (χ1) is 7.43. The van der Waals surface area contributed by atoms with Crippen LogP contribution in [0.5, 0.6) is 0 Å². The van der Waals surface area contributed by atoms with Gasteiger partial charge in [0.05, 0.1) is 6.04 Å². The van der Waals surface area contributed by atoms with E-state index in [4.69, 9.17) is 4.52 Å². The zero-order valence-electron chi connectivity index (χ0n) is 8.61. The fourth-order valence-corrected chi connectivity index (χ4v) is 3.40. The lowest BCUT2D eigenvalue weighted by molar-refractivity contribution is 0.352. The normalized spacial score (nSPS) is 31.2. The summed E-state index contributed by atoms with van der Waals surface area (Å²) in [4.78, 5) is 4.52. The van der Waals surface area contributed by atoms with Gasteiger partial charge in [0.25, 0.3) is 0 Å². The van der Waals surface area contributed by atoms with E-state index >= 15 is 0 Å². The molecule has 0 aromatic carbocycles. The summed E-state index contributed by atoms with van der Waals surface area (Å²) in [5, 5.41) is 7.47. The molecule has 3 rings (SSSR count). The molecule has 4 nitrogen and oxygen atoms in total. The van der Waals surface area contributed by atoms with E-state index in [9.17, 15) is 0 Å². The molecule has 1 aromatic heterocycles. The van der Waals surface area contributed by atoms with Crippen molar-refractivity contribution in [2.24, 2.45) is 0 Å². The van der Waals surface area contributed by atoms with Gasteiger partial charge in [-0.25, -0.2) is 0 Å². The van der Waals surface area contributed by atoms with Crippen LogP contribution in [-0.2, 0) is 0 Å². The predicted molar refractivity (Wildman–Crippen MR) is 59.0 cm³/mol. The predicted octanol–water partition coefficient (Wildman–Crippen LogP) is 1.71. The molecule has 2 aliphatic rings. The lowest BCUT2D eigenvalue weighted by Crippen LogP contribution is -2.14. The largest absolute Gasteiger partial charge is 0.339 e. The molecule has 0 aliphatic carbocycles. The van der Waals surface area contributed by atoms with Gasteiger partial charge in [-0.2, -0.15) is 16.7 Å². The van der Waals surface area contributed by atoms with E-state index in [0.717, 1.165) is 30.4 Å². The van der Waals surface area contributed by atoms with E-state index in [1.807, 2.05) is 11.8 Å². The SMILES string of the molecule is C1CNC(c2noc(C3CCSC3)n2)C1. The Morgan fingerprint density at radius 3 is 3.13 bits per heavy atom. The molecule has 0 saturated carbocycles. The highest BCUT2D eigenvalue weighted by Crippen LogP contribution is 2.32. The molecule has 82 valence electrons. The monoisotopic (exact) mass is 225 g/mol. The molecule has 0 amide bonds. The lowest BCUT2D eigenvalue weighted by Gasteiger charge is -2.02. The third-order valence-corrected chi connectivity index (χ3v) is 4.27. The topological polar surface area (TPSA) is 51.0 Å². The molecule has 0 spiro atoms. The molecule has 2 unspecified atom stereocenters. The summed E-state index contributed by atoms with van der Waals surface area (Å²) in [6.45, 7) is 1.08. The highest BCUT2D eigenvalue weighted by Gasteiger charge is 2.26. The summed E-state index contributed by atoms with van der Waals surface area (Å²) in [6, 6.07) is 0.330. The van der Waals surface area contributed by atoms with Crippen LogP contribution in [0, 0.1) is 0 Å². The summed E-state index contributed by atoms with van der Waals surface area (Å²) in [5.74, 6) is 4.57. The summed E-state index contributed by atoms with van der Waals surface area (Å²) >= 11 is 1.98. The second-order valence-electron chi connectivity index (χ2n) is 4.20. The Labute approximate surface area is 93.2 Å². The second-order valence-corrected chi connectivity index (χ2v) is 5.35. The van der Waals surface area contributed by atoms with Crippen molar-refractivity contribution < 1.29 is 4.52 Å². The third-order valence-electron chi connectivity index (χ3n) is 3.11. The van der Waals surface area contributed by atoms with Crippen LogP contribution in [0.4, 0.5) is 0 Å². The van der Waals surface area contributed by atoms with Crippen molar-refractivity contribution >= 4 is 11.8 Å². The maximum absolute atomic E-state index is 5.35. The van der Waals surface area contributed by atoms with Crippen molar-refractivity contribution in [3.63, 3.8) is 0 Å². The Kier molecular flexibility index (Phi) is 2.66. The Hall–Kier alpha value is -0.550. The average Bonchev–Trinajstić information content (AvgIpc) is 3.02. The van der Waals surface area contributed by atoms with Crippen LogP contribution in [0.3, 0.4) is 0 Å².